The fourth-order valence-corrected chi connectivity index (χ4v) is 7.89. The molecule has 0 unspecified atom stereocenters. The first-order valence-electron chi connectivity index (χ1n) is 12.3. The van der Waals surface area contributed by atoms with E-state index >= 15 is 0 Å². The Bertz CT molecular complexity index is 1110. The van der Waals surface area contributed by atoms with Crippen LogP contribution in [0.2, 0.25) is 0 Å². The van der Waals surface area contributed by atoms with Gasteiger partial charge in [0.1, 0.15) is 12.4 Å². The highest BCUT2D eigenvalue weighted by atomic mass is 32.2. The number of benzene rings is 2. The molecule has 2 aromatic rings. The minimum atomic E-state index is -3.62. The van der Waals surface area contributed by atoms with E-state index in [2.05, 4.69) is 17.4 Å². The number of sulfonamides is 1. The summed E-state index contributed by atoms with van der Waals surface area (Å²) in [6, 6.07) is 14.0. The Labute approximate surface area is 201 Å². The summed E-state index contributed by atoms with van der Waals surface area (Å²) in [7, 11) is -3.62. The van der Waals surface area contributed by atoms with Gasteiger partial charge in [-0.25, -0.2) is 12.8 Å². The molecule has 0 saturated heterocycles. The van der Waals surface area contributed by atoms with E-state index in [1.165, 1.54) is 60.5 Å². The molecule has 6 rings (SSSR count). The molecular formula is C27H33FN2O3S. The first-order valence-corrected chi connectivity index (χ1v) is 14.1. The average molecular weight is 485 g/mol. The van der Waals surface area contributed by atoms with Crippen LogP contribution in [0.15, 0.2) is 48.5 Å². The number of nitrogens with zero attached hydrogens (tertiary/aromatic N) is 1. The molecule has 0 aliphatic heterocycles. The highest BCUT2D eigenvalue weighted by Crippen LogP contribution is 2.60. The molecule has 182 valence electrons. The Hall–Kier alpha value is -2.41. The number of carbonyl (C=O) groups excluding carboxylic acids is 1. The van der Waals surface area contributed by atoms with Gasteiger partial charge in [-0.3, -0.25) is 9.10 Å². The molecule has 4 bridgehead atoms. The van der Waals surface area contributed by atoms with Gasteiger partial charge in [0.25, 0.3) is 0 Å². The van der Waals surface area contributed by atoms with Gasteiger partial charge in [0.05, 0.1) is 11.9 Å². The molecule has 0 spiro atoms. The van der Waals surface area contributed by atoms with Crippen molar-refractivity contribution in [3.8, 4) is 0 Å². The number of anilines is 1. The van der Waals surface area contributed by atoms with Crippen molar-refractivity contribution in [1.29, 1.82) is 0 Å². The third kappa shape index (κ3) is 4.85. The van der Waals surface area contributed by atoms with Crippen molar-refractivity contribution in [2.24, 2.45) is 17.8 Å². The van der Waals surface area contributed by atoms with E-state index in [0.29, 0.717) is 18.7 Å². The van der Waals surface area contributed by atoms with Gasteiger partial charge in [-0.1, -0.05) is 24.3 Å². The smallest absolute Gasteiger partial charge is 0.240 e. The molecule has 4 fully saturated rings. The number of hydrogen-bond acceptors (Lipinski definition) is 3. The maximum absolute atomic E-state index is 13.0. The van der Waals surface area contributed by atoms with Crippen molar-refractivity contribution in [2.45, 2.75) is 50.4 Å². The molecule has 1 N–H and O–H groups in total. The Balaban J connectivity index is 1.24. The van der Waals surface area contributed by atoms with Crippen LogP contribution in [0, 0.1) is 23.6 Å². The number of rotatable bonds is 8. The van der Waals surface area contributed by atoms with E-state index in [1.54, 1.807) is 12.1 Å². The van der Waals surface area contributed by atoms with Crippen molar-refractivity contribution in [3.63, 3.8) is 0 Å². The normalized spacial score (nSPS) is 27.5. The van der Waals surface area contributed by atoms with E-state index < -0.39 is 10.0 Å². The van der Waals surface area contributed by atoms with Gasteiger partial charge in [-0.2, -0.15) is 0 Å². The molecule has 5 nitrogen and oxygen atoms in total. The number of nitrogens with one attached hydrogen (secondary N) is 1. The zero-order chi connectivity index (χ0) is 23.9. The molecule has 0 atom stereocenters. The first kappa shape index (κ1) is 23.3. The Morgan fingerprint density at radius 3 is 2.06 bits per heavy atom. The molecule has 2 aromatic carbocycles. The van der Waals surface area contributed by atoms with Crippen LogP contribution in [0.3, 0.4) is 0 Å². The van der Waals surface area contributed by atoms with Crippen LogP contribution in [0.1, 0.15) is 49.7 Å². The summed E-state index contributed by atoms with van der Waals surface area (Å²) in [6.45, 7) is 0.0893. The van der Waals surface area contributed by atoms with E-state index in [9.17, 15) is 17.6 Å². The maximum Gasteiger partial charge on any atom is 0.240 e. The molecule has 4 aliphatic carbocycles. The third-order valence-corrected chi connectivity index (χ3v) is 9.28. The second-order valence-corrected chi connectivity index (χ2v) is 12.6. The second-order valence-electron chi connectivity index (χ2n) is 10.7. The fourth-order valence-electron chi connectivity index (χ4n) is 7.03. The lowest BCUT2D eigenvalue weighted by Gasteiger charge is -2.57. The predicted octanol–water partition coefficient (Wildman–Crippen LogP) is 4.42. The minimum Gasteiger partial charge on any atom is -0.354 e. The third-order valence-electron chi connectivity index (χ3n) is 8.14. The van der Waals surface area contributed by atoms with Crippen LogP contribution in [-0.2, 0) is 26.7 Å². The molecule has 4 saturated carbocycles. The molecule has 0 heterocycles. The summed E-state index contributed by atoms with van der Waals surface area (Å²) < 4.78 is 39.2. The van der Waals surface area contributed by atoms with Crippen molar-refractivity contribution in [1.82, 2.24) is 5.32 Å². The standard InChI is InChI=1S/C27H33FN2O3S/c1-34(32,33)30(18-26(31)29-11-10-19-2-6-24(28)7-3-19)25-8-4-23(5-9-25)27-15-20-12-21(16-27)14-22(13-20)17-27/h2-9,20-22H,10-18H2,1H3,(H,29,31). The lowest BCUT2D eigenvalue weighted by Crippen LogP contribution is -2.48. The lowest BCUT2D eigenvalue weighted by molar-refractivity contribution is -0.119. The predicted molar refractivity (Wildman–Crippen MR) is 132 cm³/mol. The molecule has 0 aromatic heterocycles. The van der Waals surface area contributed by atoms with Gasteiger partial charge in [-0.05, 0) is 104 Å². The van der Waals surface area contributed by atoms with Crippen molar-refractivity contribution < 1.29 is 17.6 Å². The topological polar surface area (TPSA) is 66.5 Å². The summed E-state index contributed by atoms with van der Waals surface area (Å²) in [4.78, 5) is 12.5. The summed E-state index contributed by atoms with van der Waals surface area (Å²) in [6.07, 6.45) is 9.59. The van der Waals surface area contributed by atoms with E-state index in [4.69, 9.17) is 0 Å². The Morgan fingerprint density at radius 1 is 0.971 bits per heavy atom. The number of halogens is 1. The van der Waals surface area contributed by atoms with Gasteiger partial charge in [0.2, 0.25) is 15.9 Å². The summed E-state index contributed by atoms with van der Waals surface area (Å²) in [5.74, 6) is 1.87. The number of carbonyl (C=O) groups is 1. The zero-order valence-electron chi connectivity index (χ0n) is 19.7. The van der Waals surface area contributed by atoms with Crippen molar-refractivity contribution >= 4 is 21.6 Å². The number of hydrogen-bond donors (Lipinski definition) is 1. The summed E-state index contributed by atoms with van der Waals surface area (Å²) >= 11 is 0. The summed E-state index contributed by atoms with van der Waals surface area (Å²) in [5.41, 5.74) is 3.00. The van der Waals surface area contributed by atoms with Crippen LogP contribution >= 0.6 is 0 Å². The van der Waals surface area contributed by atoms with Gasteiger partial charge in [0.15, 0.2) is 0 Å². The quantitative estimate of drug-likeness (QED) is 0.603. The van der Waals surface area contributed by atoms with Crippen LogP contribution in [-0.4, -0.2) is 33.7 Å². The number of amides is 1. The van der Waals surface area contributed by atoms with E-state index in [1.807, 2.05) is 12.1 Å². The highest BCUT2D eigenvalue weighted by molar-refractivity contribution is 7.92. The van der Waals surface area contributed by atoms with Crippen molar-refractivity contribution in [2.75, 3.05) is 23.7 Å². The highest BCUT2D eigenvalue weighted by Gasteiger charge is 2.51. The average Bonchev–Trinajstić information content (AvgIpc) is 2.77. The zero-order valence-corrected chi connectivity index (χ0v) is 20.5. The minimum absolute atomic E-state index is 0.251. The maximum atomic E-state index is 13.0. The van der Waals surface area contributed by atoms with Crippen molar-refractivity contribution in [3.05, 3.63) is 65.5 Å². The Kier molecular flexibility index (Phi) is 6.17. The second kappa shape index (κ2) is 8.99. The fraction of sp³-hybridized carbons (Fsp3) is 0.519. The largest absolute Gasteiger partial charge is 0.354 e. The molecule has 0 radical (unpaired) electrons. The van der Waals surface area contributed by atoms with Crippen LogP contribution in [0.25, 0.3) is 0 Å². The first-order chi connectivity index (χ1) is 16.2. The van der Waals surface area contributed by atoms with Gasteiger partial charge >= 0.3 is 0 Å². The molecule has 4 aliphatic rings. The molecule has 7 heteroatoms. The Morgan fingerprint density at radius 2 is 1.53 bits per heavy atom. The van der Waals surface area contributed by atoms with Gasteiger partial charge in [-0.15, -0.1) is 0 Å². The van der Waals surface area contributed by atoms with Crippen LogP contribution in [0.5, 0.6) is 0 Å². The molecular weight excluding hydrogens is 451 g/mol. The van der Waals surface area contributed by atoms with E-state index in [0.717, 1.165) is 29.6 Å². The molecule has 34 heavy (non-hydrogen) atoms. The van der Waals surface area contributed by atoms with Gasteiger partial charge < -0.3 is 5.32 Å². The van der Waals surface area contributed by atoms with E-state index in [-0.39, 0.29) is 23.7 Å². The van der Waals surface area contributed by atoms with Gasteiger partial charge in [0, 0.05) is 6.54 Å². The lowest BCUT2D eigenvalue weighted by atomic mass is 9.48. The molecule has 1 amide bonds. The van der Waals surface area contributed by atoms with Crippen LogP contribution in [0.4, 0.5) is 10.1 Å². The van der Waals surface area contributed by atoms with Crippen LogP contribution < -0.4 is 9.62 Å². The summed E-state index contributed by atoms with van der Waals surface area (Å²) in [5, 5.41) is 2.78. The SMILES string of the molecule is CS(=O)(=O)N(CC(=O)NCCc1ccc(F)cc1)c1ccc(C23CC4CC(CC(C4)C2)C3)cc1. The monoisotopic (exact) mass is 484 g/mol.